The predicted molar refractivity (Wildman–Crippen MR) is 74.1 cm³/mol. The molecule has 1 aliphatic rings. The predicted octanol–water partition coefficient (Wildman–Crippen LogP) is 3.49. The number of para-hydroxylation sites is 1. The minimum Gasteiger partial charge on any atom is -0.321 e. The van der Waals surface area contributed by atoms with Crippen molar-refractivity contribution in [1.82, 2.24) is 0 Å². The van der Waals surface area contributed by atoms with E-state index in [1.807, 2.05) is 61.5 Å². The van der Waals surface area contributed by atoms with E-state index in [4.69, 9.17) is 0 Å². The zero-order chi connectivity index (χ0) is 12.5. The first-order valence-electron chi connectivity index (χ1n) is 5.94. The van der Waals surface area contributed by atoms with E-state index in [1.54, 1.807) is 0 Å². The molecule has 0 fully saturated rings. The van der Waals surface area contributed by atoms with Crippen molar-refractivity contribution in [3.05, 3.63) is 65.2 Å². The number of carbonyl (C=O) groups is 1. The van der Waals surface area contributed by atoms with Crippen LogP contribution >= 0.6 is 0 Å². The van der Waals surface area contributed by atoms with Gasteiger partial charge in [0.1, 0.15) is 0 Å². The molecule has 0 unspecified atom stereocenters. The van der Waals surface area contributed by atoms with Crippen LogP contribution < -0.4 is 5.32 Å². The Hall–Kier alpha value is -2.35. The third-order valence-electron chi connectivity index (χ3n) is 3.20. The second kappa shape index (κ2) is 4.15. The highest BCUT2D eigenvalue weighted by molar-refractivity contribution is 6.34. The number of hydrogen-bond acceptors (Lipinski definition) is 1. The van der Waals surface area contributed by atoms with Crippen LogP contribution in [0.5, 0.6) is 0 Å². The van der Waals surface area contributed by atoms with Gasteiger partial charge < -0.3 is 5.32 Å². The monoisotopic (exact) mass is 235 g/mol. The summed E-state index contributed by atoms with van der Waals surface area (Å²) in [5.41, 5.74) is 4.86. The quantitative estimate of drug-likeness (QED) is 0.753. The highest BCUT2D eigenvalue weighted by atomic mass is 16.1. The van der Waals surface area contributed by atoms with Gasteiger partial charge >= 0.3 is 0 Å². The number of aryl methyl sites for hydroxylation is 1. The molecule has 0 aliphatic carbocycles. The molecule has 1 amide bonds. The van der Waals surface area contributed by atoms with Crippen LogP contribution in [0.25, 0.3) is 11.6 Å². The molecule has 0 spiro atoms. The number of amides is 1. The van der Waals surface area contributed by atoms with Crippen molar-refractivity contribution in [1.29, 1.82) is 0 Å². The lowest BCUT2D eigenvalue weighted by atomic mass is 10.0. The Morgan fingerprint density at radius 2 is 1.72 bits per heavy atom. The Bertz CT molecular complexity index is 656. The first-order chi connectivity index (χ1) is 8.75. The Balaban J connectivity index is 2.13. The van der Waals surface area contributed by atoms with Crippen molar-refractivity contribution < 1.29 is 4.79 Å². The molecule has 2 heteroatoms. The van der Waals surface area contributed by atoms with Gasteiger partial charge in [-0.3, -0.25) is 4.79 Å². The molecule has 2 aromatic carbocycles. The van der Waals surface area contributed by atoms with Gasteiger partial charge in [-0.1, -0.05) is 42.5 Å². The fourth-order valence-electron chi connectivity index (χ4n) is 2.19. The van der Waals surface area contributed by atoms with Crippen LogP contribution in [0, 0.1) is 6.92 Å². The smallest absolute Gasteiger partial charge is 0.256 e. The molecule has 0 atom stereocenters. The third-order valence-corrected chi connectivity index (χ3v) is 3.20. The summed E-state index contributed by atoms with van der Waals surface area (Å²) in [4.78, 5) is 12.0. The summed E-state index contributed by atoms with van der Waals surface area (Å²) in [5.74, 6) is -0.0283. The number of rotatable bonds is 1. The molecule has 1 heterocycles. The fourth-order valence-corrected chi connectivity index (χ4v) is 2.19. The molecule has 1 aliphatic heterocycles. The highest BCUT2D eigenvalue weighted by Crippen LogP contribution is 2.32. The first-order valence-corrected chi connectivity index (χ1v) is 5.94. The maximum Gasteiger partial charge on any atom is 0.256 e. The minimum atomic E-state index is -0.0283. The molecule has 1 N–H and O–H groups in total. The molecule has 0 aromatic heterocycles. The standard InChI is InChI=1S/C16H13NO/c1-11-6-2-3-7-12(11)10-14-13-8-4-5-9-15(13)17-16(14)18/h2-10H,1H3,(H,17,18)/b14-10-. The summed E-state index contributed by atoms with van der Waals surface area (Å²) >= 11 is 0. The SMILES string of the molecule is Cc1ccccc1/C=C1\C(=O)Nc2ccccc21. The summed E-state index contributed by atoms with van der Waals surface area (Å²) in [6, 6.07) is 15.8. The third kappa shape index (κ3) is 1.72. The lowest BCUT2D eigenvalue weighted by molar-refractivity contribution is -0.110. The van der Waals surface area contributed by atoms with E-state index in [9.17, 15) is 4.79 Å². The number of fused-ring (bicyclic) bond motifs is 1. The Kier molecular flexibility index (Phi) is 2.49. The van der Waals surface area contributed by atoms with Gasteiger partial charge in [0.25, 0.3) is 5.91 Å². The van der Waals surface area contributed by atoms with E-state index in [-0.39, 0.29) is 5.91 Å². The van der Waals surface area contributed by atoms with Gasteiger partial charge in [-0.25, -0.2) is 0 Å². The van der Waals surface area contributed by atoms with Gasteiger partial charge in [-0.05, 0) is 30.2 Å². The first kappa shape index (κ1) is 10.8. The molecule has 18 heavy (non-hydrogen) atoms. The van der Waals surface area contributed by atoms with Crippen LogP contribution in [0.15, 0.2) is 48.5 Å². The second-order valence-electron chi connectivity index (χ2n) is 4.41. The summed E-state index contributed by atoms with van der Waals surface area (Å²) in [5, 5.41) is 2.88. The second-order valence-corrected chi connectivity index (χ2v) is 4.41. The zero-order valence-corrected chi connectivity index (χ0v) is 10.1. The minimum absolute atomic E-state index is 0.0283. The van der Waals surface area contributed by atoms with Gasteiger partial charge in [-0.2, -0.15) is 0 Å². The number of hydrogen-bond donors (Lipinski definition) is 1. The van der Waals surface area contributed by atoms with Crippen LogP contribution in [0.2, 0.25) is 0 Å². The van der Waals surface area contributed by atoms with Gasteiger partial charge in [-0.15, -0.1) is 0 Å². The van der Waals surface area contributed by atoms with Crippen molar-refractivity contribution in [2.75, 3.05) is 5.32 Å². The van der Waals surface area contributed by atoms with E-state index in [1.165, 1.54) is 5.56 Å². The molecular formula is C16H13NO. The van der Waals surface area contributed by atoms with Crippen LogP contribution in [0.1, 0.15) is 16.7 Å². The molecular weight excluding hydrogens is 222 g/mol. The molecule has 2 nitrogen and oxygen atoms in total. The Morgan fingerprint density at radius 1 is 1.00 bits per heavy atom. The summed E-state index contributed by atoms with van der Waals surface area (Å²) in [6.07, 6.45) is 1.95. The van der Waals surface area contributed by atoms with E-state index < -0.39 is 0 Å². The topological polar surface area (TPSA) is 29.1 Å². The normalized spacial score (nSPS) is 15.6. The van der Waals surface area contributed by atoms with Crippen molar-refractivity contribution >= 4 is 23.2 Å². The van der Waals surface area contributed by atoms with E-state index in [0.717, 1.165) is 22.4 Å². The van der Waals surface area contributed by atoms with Crippen molar-refractivity contribution in [3.63, 3.8) is 0 Å². The molecule has 0 bridgehead atoms. The number of anilines is 1. The average molecular weight is 235 g/mol. The fraction of sp³-hybridized carbons (Fsp3) is 0.0625. The highest BCUT2D eigenvalue weighted by Gasteiger charge is 2.23. The van der Waals surface area contributed by atoms with Gasteiger partial charge in [0.2, 0.25) is 0 Å². The molecule has 88 valence electrons. The Morgan fingerprint density at radius 3 is 2.56 bits per heavy atom. The molecule has 2 aromatic rings. The summed E-state index contributed by atoms with van der Waals surface area (Å²) < 4.78 is 0. The van der Waals surface area contributed by atoms with Gasteiger partial charge in [0, 0.05) is 16.8 Å². The maximum absolute atomic E-state index is 12.0. The number of benzene rings is 2. The van der Waals surface area contributed by atoms with Crippen LogP contribution in [0.3, 0.4) is 0 Å². The molecule has 0 saturated heterocycles. The van der Waals surface area contributed by atoms with E-state index >= 15 is 0 Å². The van der Waals surface area contributed by atoms with Crippen LogP contribution in [-0.2, 0) is 4.79 Å². The van der Waals surface area contributed by atoms with Crippen molar-refractivity contribution in [2.45, 2.75) is 6.92 Å². The lowest BCUT2D eigenvalue weighted by Crippen LogP contribution is -2.03. The van der Waals surface area contributed by atoms with E-state index in [2.05, 4.69) is 5.32 Å². The summed E-state index contributed by atoms with van der Waals surface area (Å²) in [7, 11) is 0. The number of nitrogens with one attached hydrogen (secondary N) is 1. The zero-order valence-electron chi connectivity index (χ0n) is 10.1. The average Bonchev–Trinajstić information content (AvgIpc) is 2.69. The molecule has 3 rings (SSSR count). The van der Waals surface area contributed by atoms with E-state index in [0.29, 0.717) is 0 Å². The summed E-state index contributed by atoms with van der Waals surface area (Å²) in [6.45, 7) is 2.05. The lowest BCUT2D eigenvalue weighted by Gasteiger charge is -2.01. The van der Waals surface area contributed by atoms with Crippen LogP contribution in [-0.4, -0.2) is 5.91 Å². The largest absolute Gasteiger partial charge is 0.321 e. The van der Waals surface area contributed by atoms with Crippen LogP contribution in [0.4, 0.5) is 5.69 Å². The Labute approximate surface area is 106 Å². The maximum atomic E-state index is 12.0. The molecule has 0 radical (unpaired) electrons. The van der Waals surface area contributed by atoms with Gasteiger partial charge in [0.15, 0.2) is 0 Å². The number of carbonyl (C=O) groups excluding carboxylic acids is 1. The van der Waals surface area contributed by atoms with Crippen molar-refractivity contribution in [2.24, 2.45) is 0 Å². The van der Waals surface area contributed by atoms with Gasteiger partial charge in [0.05, 0.1) is 0 Å². The molecule has 0 saturated carbocycles. The van der Waals surface area contributed by atoms with Crippen molar-refractivity contribution in [3.8, 4) is 0 Å².